The Morgan fingerprint density at radius 3 is 2.89 bits per heavy atom. The number of rotatable bonds is 3. The maximum Gasteiger partial charge on any atom is 0.254 e. The molecule has 0 aliphatic heterocycles. The fraction of sp³-hybridized carbons (Fsp3) is 0.154. The number of hydrogen-bond acceptors (Lipinski definition) is 2. The van der Waals surface area contributed by atoms with Crippen molar-refractivity contribution in [1.82, 2.24) is 5.32 Å². The van der Waals surface area contributed by atoms with Crippen molar-refractivity contribution < 1.29 is 13.6 Å². The van der Waals surface area contributed by atoms with E-state index in [2.05, 4.69) is 5.32 Å². The van der Waals surface area contributed by atoms with E-state index in [-0.39, 0.29) is 11.6 Å². The monoisotopic (exact) mass is 267 g/mol. The highest BCUT2D eigenvalue weighted by Crippen LogP contribution is 2.17. The van der Waals surface area contributed by atoms with Crippen LogP contribution in [0.15, 0.2) is 41.0 Å². The average molecular weight is 268 g/mol. The molecule has 0 aliphatic rings. The van der Waals surface area contributed by atoms with Gasteiger partial charge in [-0.05, 0) is 37.3 Å². The van der Waals surface area contributed by atoms with Crippen LogP contribution in [0.1, 0.15) is 29.1 Å². The second kappa shape index (κ2) is 5.23. The molecular weight excluding hydrogens is 257 g/mol. The van der Waals surface area contributed by atoms with Gasteiger partial charge in [0.25, 0.3) is 5.91 Å². The van der Waals surface area contributed by atoms with Crippen molar-refractivity contribution in [2.45, 2.75) is 13.0 Å². The zero-order valence-electron chi connectivity index (χ0n) is 9.61. The second-order valence-electron chi connectivity index (χ2n) is 3.83. The van der Waals surface area contributed by atoms with E-state index >= 15 is 0 Å². The van der Waals surface area contributed by atoms with E-state index in [1.54, 1.807) is 19.1 Å². The summed E-state index contributed by atoms with van der Waals surface area (Å²) in [6.45, 7) is 1.75. The standard InChI is InChI=1S/C13H11ClFNO2/c1-8(12-3-2-6-18-12)16-13(17)10-7-9(14)4-5-11(10)15/h2-8H,1H3,(H,16,17). The third-order valence-corrected chi connectivity index (χ3v) is 2.73. The Hall–Kier alpha value is -1.81. The number of hydrogen-bond donors (Lipinski definition) is 1. The summed E-state index contributed by atoms with van der Waals surface area (Å²) < 4.78 is 18.6. The Bertz CT molecular complexity index is 554. The van der Waals surface area contributed by atoms with Gasteiger partial charge in [0, 0.05) is 5.02 Å². The van der Waals surface area contributed by atoms with Gasteiger partial charge in [0.15, 0.2) is 0 Å². The predicted octanol–water partition coefficient (Wildman–Crippen LogP) is 3.56. The highest BCUT2D eigenvalue weighted by atomic mass is 35.5. The fourth-order valence-corrected chi connectivity index (χ4v) is 1.73. The van der Waals surface area contributed by atoms with E-state index in [9.17, 15) is 9.18 Å². The lowest BCUT2D eigenvalue weighted by atomic mass is 10.1. The highest BCUT2D eigenvalue weighted by molar-refractivity contribution is 6.31. The Balaban J connectivity index is 2.15. The number of nitrogens with one attached hydrogen (secondary N) is 1. The highest BCUT2D eigenvalue weighted by Gasteiger charge is 2.16. The van der Waals surface area contributed by atoms with Crippen LogP contribution >= 0.6 is 11.6 Å². The van der Waals surface area contributed by atoms with E-state index in [0.29, 0.717) is 10.8 Å². The number of carbonyl (C=O) groups is 1. The predicted molar refractivity (Wildman–Crippen MR) is 66.0 cm³/mol. The SMILES string of the molecule is CC(NC(=O)c1cc(Cl)ccc1F)c1ccco1. The summed E-state index contributed by atoms with van der Waals surface area (Å²) in [5.74, 6) is -0.534. The minimum atomic E-state index is -0.608. The van der Waals surface area contributed by atoms with E-state index in [1.165, 1.54) is 18.4 Å². The molecule has 94 valence electrons. The lowest BCUT2D eigenvalue weighted by Crippen LogP contribution is -2.27. The van der Waals surface area contributed by atoms with Crippen LogP contribution in [0.4, 0.5) is 4.39 Å². The molecule has 2 aromatic rings. The molecule has 1 heterocycles. The normalized spacial score (nSPS) is 12.2. The molecule has 1 aromatic carbocycles. The summed E-state index contributed by atoms with van der Waals surface area (Å²) in [4.78, 5) is 11.9. The summed E-state index contributed by atoms with van der Waals surface area (Å²) >= 11 is 5.73. The van der Waals surface area contributed by atoms with Gasteiger partial charge in [0.05, 0.1) is 17.9 Å². The molecule has 3 nitrogen and oxygen atoms in total. The largest absolute Gasteiger partial charge is 0.467 e. The van der Waals surface area contributed by atoms with E-state index in [0.717, 1.165) is 6.07 Å². The molecule has 2 rings (SSSR count). The number of furan rings is 1. The second-order valence-corrected chi connectivity index (χ2v) is 4.27. The lowest BCUT2D eigenvalue weighted by molar-refractivity contribution is 0.0931. The summed E-state index contributed by atoms with van der Waals surface area (Å²) in [6.07, 6.45) is 1.51. The van der Waals surface area contributed by atoms with Crippen molar-refractivity contribution in [1.29, 1.82) is 0 Å². The summed E-state index contributed by atoms with van der Waals surface area (Å²) in [5.41, 5.74) is -0.0825. The molecular formula is C13H11ClFNO2. The molecule has 18 heavy (non-hydrogen) atoms. The van der Waals surface area contributed by atoms with Gasteiger partial charge in [-0.15, -0.1) is 0 Å². The summed E-state index contributed by atoms with van der Waals surface area (Å²) in [5, 5.41) is 2.95. The van der Waals surface area contributed by atoms with Crippen LogP contribution in [0.3, 0.4) is 0 Å². The van der Waals surface area contributed by atoms with Gasteiger partial charge in [-0.1, -0.05) is 11.6 Å². The lowest BCUT2D eigenvalue weighted by Gasteiger charge is -2.12. The van der Waals surface area contributed by atoms with Crippen molar-refractivity contribution >= 4 is 17.5 Å². The van der Waals surface area contributed by atoms with Crippen molar-refractivity contribution in [3.8, 4) is 0 Å². The van der Waals surface area contributed by atoms with Crippen LogP contribution in [-0.4, -0.2) is 5.91 Å². The summed E-state index contributed by atoms with van der Waals surface area (Å²) in [7, 11) is 0. The average Bonchev–Trinajstić information content (AvgIpc) is 2.85. The third-order valence-electron chi connectivity index (χ3n) is 2.49. The van der Waals surface area contributed by atoms with Crippen LogP contribution in [0, 0.1) is 5.82 Å². The molecule has 0 spiro atoms. The van der Waals surface area contributed by atoms with Gasteiger partial charge >= 0.3 is 0 Å². The fourth-order valence-electron chi connectivity index (χ4n) is 1.55. The Morgan fingerprint density at radius 1 is 1.44 bits per heavy atom. The maximum absolute atomic E-state index is 13.5. The van der Waals surface area contributed by atoms with Crippen molar-refractivity contribution in [3.05, 3.63) is 58.8 Å². The first kappa shape index (κ1) is 12.6. The molecule has 5 heteroatoms. The van der Waals surface area contributed by atoms with Crippen LogP contribution in [0.5, 0.6) is 0 Å². The number of benzene rings is 1. The first-order valence-corrected chi connectivity index (χ1v) is 5.75. The summed E-state index contributed by atoms with van der Waals surface area (Å²) in [6, 6.07) is 6.96. The van der Waals surface area contributed by atoms with Gasteiger partial charge in [-0.2, -0.15) is 0 Å². The molecule has 1 N–H and O–H groups in total. The molecule has 1 amide bonds. The first-order valence-electron chi connectivity index (χ1n) is 5.37. The van der Waals surface area contributed by atoms with Crippen molar-refractivity contribution in [2.24, 2.45) is 0 Å². The first-order chi connectivity index (χ1) is 8.58. The minimum Gasteiger partial charge on any atom is -0.467 e. The molecule has 1 atom stereocenters. The molecule has 0 radical (unpaired) electrons. The molecule has 0 fully saturated rings. The van der Waals surface area contributed by atoms with E-state index in [4.69, 9.17) is 16.0 Å². The number of carbonyl (C=O) groups excluding carboxylic acids is 1. The maximum atomic E-state index is 13.5. The molecule has 0 aliphatic carbocycles. The van der Waals surface area contributed by atoms with Crippen molar-refractivity contribution in [3.63, 3.8) is 0 Å². The smallest absolute Gasteiger partial charge is 0.254 e. The molecule has 1 unspecified atom stereocenters. The number of amides is 1. The topological polar surface area (TPSA) is 42.2 Å². The Morgan fingerprint density at radius 2 is 2.22 bits per heavy atom. The molecule has 1 aromatic heterocycles. The van der Waals surface area contributed by atoms with Gasteiger partial charge < -0.3 is 9.73 Å². The van der Waals surface area contributed by atoms with Crippen LogP contribution in [0.2, 0.25) is 5.02 Å². The molecule has 0 bridgehead atoms. The Labute approximate surface area is 109 Å². The van der Waals surface area contributed by atoms with E-state index < -0.39 is 11.7 Å². The van der Waals surface area contributed by atoms with Crippen molar-refractivity contribution in [2.75, 3.05) is 0 Å². The van der Waals surface area contributed by atoms with Crippen LogP contribution < -0.4 is 5.32 Å². The van der Waals surface area contributed by atoms with Crippen LogP contribution in [0.25, 0.3) is 0 Å². The van der Waals surface area contributed by atoms with Gasteiger partial charge in [0.1, 0.15) is 11.6 Å². The molecule has 0 saturated carbocycles. The Kier molecular flexibility index (Phi) is 3.67. The zero-order chi connectivity index (χ0) is 13.1. The van der Waals surface area contributed by atoms with Gasteiger partial charge in [0.2, 0.25) is 0 Å². The number of halogens is 2. The van der Waals surface area contributed by atoms with Gasteiger partial charge in [-0.3, -0.25) is 4.79 Å². The van der Waals surface area contributed by atoms with Gasteiger partial charge in [-0.25, -0.2) is 4.39 Å². The third kappa shape index (κ3) is 2.71. The quantitative estimate of drug-likeness (QED) is 0.924. The van der Waals surface area contributed by atoms with E-state index in [1.807, 2.05) is 0 Å². The molecule has 0 saturated heterocycles. The zero-order valence-corrected chi connectivity index (χ0v) is 10.4. The van der Waals surface area contributed by atoms with Crippen LogP contribution in [-0.2, 0) is 0 Å². The minimum absolute atomic E-state index is 0.0825.